The zero-order valence-corrected chi connectivity index (χ0v) is 15.9. The Kier molecular flexibility index (Phi) is 5.49. The fourth-order valence-corrected chi connectivity index (χ4v) is 2.93. The third kappa shape index (κ3) is 3.49. The van der Waals surface area contributed by atoms with Crippen LogP contribution < -0.4 is 10.9 Å². The van der Waals surface area contributed by atoms with Gasteiger partial charge in [-0.15, -0.1) is 0 Å². The number of benzene rings is 1. The van der Waals surface area contributed by atoms with Gasteiger partial charge in [-0.3, -0.25) is 0 Å². The van der Waals surface area contributed by atoms with Gasteiger partial charge in [-0.2, -0.15) is 0 Å². The van der Waals surface area contributed by atoms with E-state index in [2.05, 4.69) is 5.32 Å². The Morgan fingerprint density at radius 2 is 1.72 bits per heavy atom. The van der Waals surface area contributed by atoms with E-state index >= 15 is 0 Å². The molecule has 1 aliphatic heterocycles. The maximum Gasteiger partial charge on any atom is 0.354 e. The molecule has 3 rings (SSSR count). The summed E-state index contributed by atoms with van der Waals surface area (Å²) >= 11 is 0. The fraction of sp³-hybridized carbons (Fsp3) is 0.200. The fourth-order valence-electron chi connectivity index (χ4n) is 2.93. The number of para-hydroxylation sites is 1. The monoisotopic (exact) mass is 399 g/mol. The van der Waals surface area contributed by atoms with E-state index in [4.69, 9.17) is 18.6 Å². The van der Waals surface area contributed by atoms with E-state index < -0.39 is 23.5 Å². The third-order valence-electron chi connectivity index (χ3n) is 4.17. The zero-order valence-electron chi connectivity index (χ0n) is 15.9. The molecule has 0 atom stereocenters. The molecular weight excluding hydrogens is 382 g/mol. The van der Waals surface area contributed by atoms with Gasteiger partial charge in [-0.25, -0.2) is 19.2 Å². The van der Waals surface area contributed by atoms with Gasteiger partial charge in [0.1, 0.15) is 11.3 Å². The molecule has 0 amide bonds. The summed E-state index contributed by atoms with van der Waals surface area (Å²) in [5.74, 6) is -2.71. The number of rotatable bonds is 4. The number of hydrogen-bond donors (Lipinski definition) is 1. The number of anilines is 1. The lowest BCUT2D eigenvalue weighted by atomic mass is 9.98. The summed E-state index contributed by atoms with van der Waals surface area (Å²) in [5.41, 5.74) is -1.73. The second-order valence-electron chi connectivity index (χ2n) is 5.81. The number of methoxy groups -OCH3 is 2. The second kappa shape index (κ2) is 8.01. The summed E-state index contributed by atoms with van der Waals surface area (Å²) in [6.07, 6.45) is 1.09. The molecule has 9 heteroatoms. The van der Waals surface area contributed by atoms with Crippen molar-refractivity contribution in [3.8, 4) is 0 Å². The molecule has 29 heavy (non-hydrogen) atoms. The summed E-state index contributed by atoms with van der Waals surface area (Å²) in [6.45, 7) is 1.69. The van der Waals surface area contributed by atoms with Gasteiger partial charge in [0.2, 0.25) is 0 Å². The molecular formula is C20H17NO8. The first-order valence-electron chi connectivity index (χ1n) is 8.55. The largest absolute Gasteiger partial charge is 0.465 e. The predicted molar refractivity (Wildman–Crippen MR) is 102 cm³/mol. The van der Waals surface area contributed by atoms with Crippen LogP contribution in [0.1, 0.15) is 12.5 Å². The molecule has 0 aliphatic carbocycles. The van der Waals surface area contributed by atoms with E-state index in [1.165, 1.54) is 0 Å². The average molecular weight is 399 g/mol. The highest BCUT2D eigenvalue weighted by Crippen LogP contribution is 2.35. The molecule has 2 aromatic rings. The van der Waals surface area contributed by atoms with E-state index in [1.807, 2.05) is 0 Å². The number of hydrogen-bond acceptors (Lipinski definition) is 9. The predicted octanol–water partition coefficient (Wildman–Crippen LogP) is 1.77. The summed E-state index contributed by atoms with van der Waals surface area (Å²) < 4.78 is 19.9. The van der Waals surface area contributed by atoms with Crippen molar-refractivity contribution in [3.05, 3.63) is 57.6 Å². The van der Waals surface area contributed by atoms with E-state index in [1.54, 1.807) is 31.2 Å². The Hall–Kier alpha value is -3.88. The van der Waals surface area contributed by atoms with E-state index in [9.17, 15) is 19.2 Å². The highest BCUT2D eigenvalue weighted by Gasteiger charge is 2.33. The minimum Gasteiger partial charge on any atom is -0.465 e. The topological polar surface area (TPSA) is 121 Å². The first-order valence-corrected chi connectivity index (χ1v) is 8.55. The molecule has 1 aromatic carbocycles. The lowest BCUT2D eigenvalue weighted by molar-refractivity contribution is -0.138. The smallest absolute Gasteiger partial charge is 0.354 e. The van der Waals surface area contributed by atoms with Crippen molar-refractivity contribution in [2.24, 2.45) is 0 Å². The van der Waals surface area contributed by atoms with Crippen molar-refractivity contribution in [1.29, 1.82) is 0 Å². The zero-order chi connectivity index (χ0) is 21.1. The van der Waals surface area contributed by atoms with Crippen LogP contribution in [0.25, 0.3) is 16.5 Å². The van der Waals surface area contributed by atoms with Crippen molar-refractivity contribution >= 4 is 40.1 Å². The van der Waals surface area contributed by atoms with Gasteiger partial charge in [0, 0.05) is 5.39 Å². The Bertz CT molecular complexity index is 1140. The van der Waals surface area contributed by atoms with Gasteiger partial charge >= 0.3 is 23.5 Å². The minimum absolute atomic E-state index is 0.0729. The van der Waals surface area contributed by atoms with Crippen LogP contribution in [0, 0.1) is 0 Å². The standard InChI is InChI=1S/C20H17NO8/c1-4-28-18(23)12-9-11(17(22)26-2)14(19(24)27-3)15-16(21-12)10-7-5-6-8-13(10)29-20(15)25/h5-9,21H,4H2,1-3H3. The molecule has 0 bridgehead atoms. The highest BCUT2D eigenvalue weighted by molar-refractivity contribution is 6.27. The van der Waals surface area contributed by atoms with Crippen molar-refractivity contribution in [1.82, 2.24) is 0 Å². The molecule has 0 fully saturated rings. The summed E-state index contributed by atoms with van der Waals surface area (Å²) in [6, 6.07) is 6.53. The average Bonchev–Trinajstić information content (AvgIpc) is 2.91. The number of ether oxygens (including phenoxy) is 3. The number of fused-ring (bicyclic) bond motifs is 3. The van der Waals surface area contributed by atoms with Crippen LogP contribution in [0.3, 0.4) is 0 Å². The van der Waals surface area contributed by atoms with Crippen LogP contribution in [-0.2, 0) is 28.6 Å². The van der Waals surface area contributed by atoms with Gasteiger partial charge < -0.3 is 23.9 Å². The molecule has 1 aliphatic rings. The van der Waals surface area contributed by atoms with Gasteiger partial charge in [-0.1, -0.05) is 12.1 Å². The van der Waals surface area contributed by atoms with Gasteiger partial charge in [0.15, 0.2) is 0 Å². The Labute approximate surface area is 164 Å². The minimum atomic E-state index is -0.975. The number of carbonyl (C=O) groups is 3. The quantitative estimate of drug-likeness (QED) is 0.466. The number of carbonyl (C=O) groups excluding carboxylic acids is 3. The van der Waals surface area contributed by atoms with Crippen LogP contribution in [0.5, 0.6) is 0 Å². The first kappa shape index (κ1) is 19.9. The Balaban J connectivity index is 2.47. The Morgan fingerprint density at radius 3 is 2.38 bits per heavy atom. The molecule has 9 nitrogen and oxygen atoms in total. The van der Waals surface area contributed by atoms with Crippen molar-refractivity contribution < 1.29 is 33.0 Å². The molecule has 0 radical (unpaired) electrons. The van der Waals surface area contributed by atoms with Crippen molar-refractivity contribution in [2.45, 2.75) is 6.92 Å². The van der Waals surface area contributed by atoms with Crippen LogP contribution in [-0.4, -0.2) is 38.7 Å². The maximum absolute atomic E-state index is 12.8. The lowest BCUT2D eigenvalue weighted by Gasteiger charge is -2.14. The third-order valence-corrected chi connectivity index (χ3v) is 4.17. The molecule has 2 heterocycles. The highest BCUT2D eigenvalue weighted by atomic mass is 16.5. The van der Waals surface area contributed by atoms with Crippen molar-refractivity contribution in [3.63, 3.8) is 0 Å². The molecule has 0 saturated heterocycles. The van der Waals surface area contributed by atoms with E-state index in [0.29, 0.717) is 5.39 Å². The molecule has 0 saturated carbocycles. The normalized spacial score (nSPS) is 13.0. The number of esters is 3. The molecule has 150 valence electrons. The molecule has 1 N–H and O–H groups in total. The number of nitrogens with one attached hydrogen (secondary N) is 1. The maximum atomic E-state index is 12.8. The van der Waals surface area contributed by atoms with Crippen LogP contribution >= 0.6 is 0 Å². The van der Waals surface area contributed by atoms with E-state index in [0.717, 1.165) is 20.3 Å². The van der Waals surface area contributed by atoms with Crippen molar-refractivity contribution in [2.75, 3.05) is 26.1 Å². The van der Waals surface area contributed by atoms with Crippen LogP contribution in [0.2, 0.25) is 0 Å². The van der Waals surface area contributed by atoms with Crippen LogP contribution in [0.15, 0.2) is 50.8 Å². The first-order chi connectivity index (χ1) is 13.9. The SMILES string of the molecule is CCOC(=O)C1=CC(C(=O)OC)=C(C(=O)OC)c2c(c3ccccc3oc2=O)N1. The van der Waals surface area contributed by atoms with Gasteiger partial charge in [0.25, 0.3) is 0 Å². The molecule has 1 aromatic heterocycles. The molecule has 0 spiro atoms. The lowest BCUT2D eigenvalue weighted by Crippen LogP contribution is -2.19. The Morgan fingerprint density at radius 1 is 1.03 bits per heavy atom. The second-order valence-corrected chi connectivity index (χ2v) is 5.81. The van der Waals surface area contributed by atoms with E-state index in [-0.39, 0.29) is 40.3 Å². The summed E-state index contributed by atoms with van der Waals surface area (Å²) in [5, 5.41) is 3.22. The van der Waals surface area contributed by atoms with Crippen LogP contribution in [0.4, 0.5) is 5.69 Å². The van der Waals surface area contributed by atoms with Gasteiger partial charge in [0.05, 0.1) is 43.2 Å². The summed E-state index contributed by atoms with van der Waals surface area (Å²) in [7, 11) is 2.20. The van der Waals surface area contributed by atoms with Gasteiger partial charge in [-0.05, 0) is 25.1 Å². The summed E-state index contributed by atoms with van der Waals surface area (Å²) in [4.78, 5) is 50.2. The molecule has 0 unspecified atom stereocenters.